The zero-order valence-electron chi connectivity index (χ0n) is 11.4. The van der Waals surface area contributed by atoms with Gasteiger partial charge in [0.15, 0.2) is 0 Å². The highest BCUT2D eigenvalue weighted by Crippen LogP contribution is 2.04. The van der Waals surface area contributed by atoms with Crippen molar-refractivity contribution in [3.05, 3.63) is 0 Å². The molecule has 0 spiro atoms. The zero-order valence-corrected chi connectivity index (χ0v) is 11.4. The number of likely N-dealkylation sites (N-methyl/N-ethyl adjacent to an activating group) is 1. The SMILES string of the molecule is CCCN(C)CC(=O)NCCCCC(C)C. The molecule has 0 unspecified atom stereocenters. The molecule has 0 saturated heterocycles. The van der Waals surface area contributed by atoms with Gasteiger partial charge in [-0.2, -0.15) is 0 Å². The molecule has 1 N–H and O–H groups in total. The molecule has 0 aliphatic rings. The molecule has 0 heterocycles. The molecule has 0 saturated carbocycles. The molecule has 16 heavy (non-hydrogen) atoms. The van der Waals surface area contributed by atoms with Crippen molar-refractivity contribution in [3.63, 3.8) is 0 Å². The van der Waals surface area contributed by atoms with E-state index in [0.717, 1.165) is 31.8 Å². The Labute approximate surface area is 101 Å². The third-order valence-corrected chi connectivity index (χ3v) is 2.55. The normalized spacial score (nSPS) is 11.1. The predicted octanol–water partition coefficient (Wildman–Crippen LogP) is 2.27. The van der Waals surface area contributed by atoms with Gasteiger partial charge >= 0.3 is 0 Å². The molecule has 0 atom stereocenters. The molecule has 0 aromatic rings. The summed E-state index contributed by atoms with van der Waals surface area (Å²) in [5, 5.41) is 2.97. The van der Waals surface area contributed by atoms with E-state index >= 15 is 0 Å². The summed E-state index contributed by atoms with van der Waals surface area (Å²) in [6, 6.07) is 0. The Balaban J connectivity index is 3.36. The van der Waals surface area contributed by atoms with Gasteiger partial charge in [-0.15, -0.1) is 0 Å². The van der Waals surface area contributed by atoms with E-state index in [1.54, 1.807) is 0 Å². The van der Waals surface area contributed by atoms with E-state index in [1.807, 2.05) is 7.05 Å². The lowest BCUT2D eigenvalue weighted by Gasteiger charge is -2.14. The summed E-state index contributed by atoms with van der Waals surface area (Å²) in [5.74, 6) is 0.923. The average Bonchev–Trinajstić information content (AvgIpc) is 2.16. The molecule has 0 aromatic heterocycles. The lowest BCUT2D eigenvalue weighted by Crippen LogP contribution is -2.35. The highest BCUT2D eigenvalue weighted by atomic mass is 16.1. The fourth-order valence-electron chi connectivity index (χ4n) is 1.67. The Morgan fingerprint density at radius 1 is 1.31 bits per heavy atom. The number of carbonyl (C=O) groups excluding carboxylic acids is 1. The van der Waals surface area contributed by atoms with Crippen LogP contribution in [0, 0.1) is 5.92 Å². The van der Waals surface area contributed by atoms with Gasteiger partial charge in [0.05, 0.1) is 6.54 Å². The summed E-state index contributed by atoms with van der Waals surface area (Å²) in [7, 11) is 1.99. The van der Waals surface area contributed by atoms with Crippen LogP contribution in [0.4, 0.5) is 0 Å². The first-order chi connectivity index (χ1) is 7.56. The van der Waals surface area contributed by atoms with Crippen LogP contribution in [0.1, 0.15) is 46.5 Å². The first-order valence-electron chi connectivity index (χ1n) is 6.51. The molecule has 0 rings (SSSR count). The minimum atomic E-state index is 0.153. The van der Waals surface area contributed by atoms with Gasteiger partial charge in [0, 0.05) is 6.54 Å². The Kier molecular flexibility index (Phi) is 9.30. The second kappa shape index (κ2) is 9.64. The van der Waals surface area contributed by atoms with Crippen LogP contribution in [0.25, 0.3) is 0 Å². The number of rotatable bonds is 9. The van der Waals surface area contributed by atoms with Gasteiger partial charge < -0.3 is 5.32 Å². The molecular formula is C13H28N2O. The van der Waals surface area contributed by atoms with E-state index in [-0.39, 0.29) is 5.91 Å². The van der Waals surface area contributed by atoms with Gasteiger partial charge in [-0.05, 0) is 32.4 Å². The van der Waals surface area contributed by atoms with Crippen LogP contribution in [0.5, 0.6) is 0 Å². The molecule has 3 nitrogen and oxygen atoms in total. The molecule has 0 fully saturated rings. The fourth-order valence-corrected chi connectivity index (χ4v) is 1.67. The van der Waals surface area contributed by atoms with Crippen molar-refractivity contribution >= 4 is 5.91 Å². The van der Waals surface area contributed by atoms with Crippen LogP contribution in [-0.4, -0.2) is 37.5 Å². The molecular weight excluding hydrogens is 200 g/mol. The quantitative estimate of drug-likeness (QED) is 0.614. The smallest absolute Gasteiger partial charge is 0.234 e. The Morgan fingerprint density at radius 3 is 2.56 bits per heavy atom. The topological polar surface area (TPSA) is 32.3 Å². The predicted molar refractivity (Wildman–Crippen MR) is 69.5 cm³/mol. The average molecular weight is 228 g/mol. The maximum Gasteiger partial charge on any atom is 0.234 e. The van der Waals surface area contributed by atoms with E-state index in [1.165, 1.54) is 12.8 Å². The maximum absolute atomic E-state index is 11.5. The lowest BCUT2D eigenvalue weighted by molar-refractivity contribution is -0.121. The van der Waals surface area contributed by atoms with Gasteiger partial charge in [-0.25, -0.2) is 0 Å². The molecule has 0 aromatic carbocycles. The number of hydrogen-bond donors (Lipinski definition) is 1. The van der Waals surface area contributed by atoms with Gasteiger partial charge in [0.25, 0.3) is 0 Å². The van der Waals surface area contributed by atoms with Crippen molar-refractivity contribution in [2.45, 2.75) is 46.5 Å². The zero-order chi connectivity index (χ0) is 12.4. The fraction of sp³-hybridized carbons (Fsp3) is 0.923. The van der Waals surface area contributed by atoms with Crippen LogP contribution in [0.15, 0.2) is 0 Å². The van der Waals surface area contributed by atoms with Crippen molar-refractivity contribution in [2.75, 3.05) is 26.7 Å². The van der Waals surface area contributed by atoms with Crippen molar-refractivity contribution in [1.29, 1.82) is 0 Å². The maximum atomic E-state index is 11.5. The van der Waals surface area contributed by atoms with E-state index < -0.39 is 0 Å². The van der Waals surface area contributed by atoms with Gasteiger partial charge in [-0.1, -0.05) is 33.6 Å². The van der Waals surface area contributed by atoms with E-state index in [0.29, 0.717) is 6.54 Å². The van der Waals surface area contributed by atoms with Crippen LogP contribution in [-0.2, 0) is 4.79 Å². The van der Waals surface area contributed by atoms with Crippen LogP contribution in [0.3, 0.4) is 0 Å². The summed E-state index contributed by atoms with van der Waals surface area (Å²) in [6.45, 7) is 8.93. The first kappa shape index (κ1) is 15.4. The third-order valence-electron chi connectivity index (χ3n) is 2.55. The standard InChI is InChI=1S/C13H28N2O/c1-5-10-15(4)11-13(16)14-9-7-6-8-12(2)3/h12H,5-11H2,1-4H3,(H,14,16). The highest BCUT2D eigenvalue weighted by molar-refractivity contribution is 5.77. The minimum Gasteiger partial charge on any atom is -0.355 e. The van der Waals surface area contributed by atoms with E-state index in [2.05, 4.69) is 31.0 Å². The monoisotopic (exact) mass is 228 g/mol. The van der Waals surface area contributed by atoms with Crippen molar-refractivity contribution < 1.29 is 4.79 Å². The van der Waals surface area contributed by atoms with Gasteiger partial charge in [0.1, 0.15) is 0 Å². The largest absolute Gasteiger partial charge is 0.355 e. The van der Waals surface area contributed by atoms with Crippen molar-refractivity contribution in [1.82, 2.24) is 10.2 Å². The molecule has 0 radical (unpaired) electrons. The minimum absolute atomic E-state index is 0.153. The number of carbonyl (C=O) groups is 1. The number of hydrogen-bond acceptors (Lipinski definition) is 2. The number of amides is 1. The molecule has 0 aliphatic carbocycles. The summed E-state index contributed by atoms with van der Waals surface area (Å²) in [4.78, 5) is 13.5. The summed E-state index contributed by atoms with van der Waals surface area (Å²) >= 11 is 0. The summed E-state index contributed by atoms with van der Waals surface area (Å²) in [5.41, 5.74) is 0. The lowest BCUT2D eigenvalue weighted by atomic mass is 10.1. The molecule has 0 aliphatic heterocycles. The van der Waals surface area contributed by atoms with Crippen molar-refractivity contribution in [3.8, 4) is 0 Å². The van der Waals surface area contributed by atoms with Crippen LogP contribution < -0.4 is 5.32 Å². The first-order valence-corrected chi connectivity index (χ1v) is 6.51. The summed E-state index contributed by atoms with van der Waals surface area (Å²) < 4.78 is 0. The summed E-state index contributed by atoms with van der Waals surface area (Å²) in [6.07, 6.45) is 4.66. The van der Waals surface area contributed by atoms with Crippen LogP contribution >= 0.6 is 0 Å². The van der Waals surface area contributed by atoms with E-state index in [4.69, 9.17) is 0 Å². The van der Waals surface area contributed by atoms with Crippen molar-refractivity contribution in [2.24, 2.45) is 5.92 Å². The Morgan fingerprint density at radius 2 is 2.00 bits per heavy atom. The molecule has 3 heteroatoms. The number of nitrogens with zero attached hydrogens (tertiary/aromatic N) is 1. The molecule has 96 valence electrons. The van der Waals surface area contributed by atoms with Crippen LogP contribution in [0.2, 0.25) is 0 Å². The molecule has 0 bridgehead atoms. The van der Waals surface area contributed by atoms with E-state index in [9.17, 15) is 4.79 Å². The Hall–Kier alpha value is -0.570. The third kappa shape index (κ3) is 9.97. The highest BCUT2D eigenvalue weighted by Gasteiger charge is 2.04. The van der Waals surface area contributed by atoms with Gasteiger partial charge in [-0.3, -0.25) is 9.69 Å². The van der Waals surface area contributed by atoms with Gasteiger partial charge in [0.2, 0.25) is 5.91 Å². The number of nitrogens with one attached hydrogen (secondary N) is 1. The number of unbranched alkanes of at least 4 members (excludes halogenated alkanes) is 1. The second-order valence-corrected chi connectivity index (χ2v) is 4.98. The molecule has 1 amide bonds. The Bertz CT molecular complexity index is 181. The second-order valence-electron chi connectivity index (χ2n) is 4.98.